The van der Waals surface area contributed by atoms with Crippen LogP contribution in [0.15, 0.2) is 115 Å². The highest BCUT2D eigenvalue weighted by molar-refractivity contribution is 6.28. The zero-order chi connectivity index (χ0) is 25.5. The summed E-state index contributed by atoms with van der Waals surface area (Å²) < 4.78 is 0. The van der Waals surface area contributed by atoms with Crippen LogP contribution in [0.1, 0.15) is 43.0 Å². The van der Waals surface area contributed by atoms with Crippen LogP contribution in [-0.4, -0.2) is 11.6 Å². The Balaban J connectivity index is 1.38. The number of hydrogen-bond donors (Lipinski definition) is 0. The SMILES string of the molecule is Cc1ccc(N(c2ccc(C)cc2)c2ccc(-c3ccc4c(c3)C(=O)c3ccccc3C4=O)cc2)cc1. The number of ketones is 2. The summed E-state index contributed by atoms with van der Waals surface area (Å²) in [6, 6.07) is 37.9. The van der Waals surface area contributed by atoms with Crippen molar-refractivity contribution in [3.63, 3.8) is 0 Å². The lowest BCUT2D eigenvalue weighted by Gasteiger charge is -2.26. The van der Waals surface area contributed by atoms with Crippen molar-refractivity contribution in [2.24, 2.45) is 0 Å². The molecule has 0 heterocycles. The quantitative estimate of drug-likeness (QED) is 0.256. The topological polar surface area (TPSA) is 37.4 Å². The van der Waals surface area contributed by atoms with Gasteiger partial charge in [0.15, 0.2) is 11.6 Å². The van der Waals surface area contributed by atoms with E-state index < -0.39 is 0 Å². The van der Waals surface area contributed by atoms with Gasteiger partial charge in [-0.25, -0.2) is 0 Å². The van der Waals surface area contributed by atoms with E-state index in [9.17, 15) is 9.59 Å². The molecule has 178 valence electrons. The number of aryl methyl sites for hydroxylation is 2. The fraction of sp³-hybridized carbons (Fsp3) is 0.0588. The van der Waals surface area contributed by atoms with Crippen LogP contribution in [-0.2, 0) is 0 Å². The summed E-state index contributed by atoms with van der Waals surface area (Å²) in [5, 5.41) is 0. The van der Waals surface area contributed by atoms with E-state index in [1.54, 1.807) is 30.3 Å². The molecule has 3 heteroatoms. The second kappa shape index (κ2) is 9.03. The zero-order valence-corrected chi connectivity index (χ0v) is 20.7. The van der Waals surface area contributed by atoms with Gasteiger partial charge in [-0.05, 0) is 73.5 Å². The highest BCUT2D eigenvalue weighted by Crippen LogP contribution is 2.36. The molecule has 0 atom stereocenters. The molecule has 0 saturated carbocycles. The second-order valence-electron chi connectivity index (χ2n) is 9.52. The van der Waals surface area contributed by atoms with Crippen molar-refractivity contribution < 1.29 is 9.59 Å². The Kier molecular flexibility index (Phi) is 5.54. The van der Waals surface area contributed by atoms with Crippen molar-refractivity contribution in [1.29, 1.82) is 0 Å². The predicted octanol–water partition coefficient (Wildman–Crippen LogP) is 8.22. The maximum atomic E-state index is 13.2. The smallest absolute Gasteiger partial charge is 0.194 e. The number of hydrogen-bond acceptors (Lipinski definition) is 3. The van der Waals surface area contributed by atoms with Gasteiger partial charge >= 0.3 is 0 Å². The summed E-state index contributed by atoms with van der Waals surface area (Å²) in [7, 11) is 0. The van der Waals surface area contributed by atoms with Gasteiger partial charge in [0, 0.05) is 39.3 Å². The predicted molar refractivity (Wildman–Crippen MR) is 149 cm³/mol. The first-order chi connectivity index (χ1) is 18.0. The van der Waals surface area contributed by atoms with Gasteiger partial charge in [-0.2, -0.15) is 0 Å². The van der Waals surface area contributed by atoms with Gasteiger partial charge < -0.3 is 4.90 Å². The van der Waals surface area contributed by atoms with Crippen molar-refractivity contribution in [1.82, 2.24) is 0 Å². The molecule has 5 aromatic rings. The molecule has 0 saturated heterocycles. The van der Waals surface area contributed by atoms with Crippen LogP contribution in [0, 0.1) is 13.8 Å². The number of anilines is 3. The molecule has 6 rings (SSSR count). The molecule has 0 radical (unpaired) electrons. The molecule has 0 spiro atoms. The molecule has 0 aromatic heterocycles. The Bertz CT molecular complexity index is 1600. The van der Waals surface area contributed by atoms with Gasteiger partial charge in [0.2, 0.25) is 0 Å². The lowest BCUT2D eigenvalue weighted by Crippen LogP contribution is -2.20. The van der Waals surface area contributed by atoms with Gasteiger partial charge in [0.25, 0.3) is 0 Å². The summed E-state index contributed by atoms with van der Waals surface area (Å²) in [6.07, 6.45) is 0. The molecule has 3 nitrogen and oxygen atoms in total. The fourth-order valence-corrected chi connectivity index (χ4v) is 4.92. The van der Waals surface area contributed by atoms with E-state index in [0.717, 1.165) is 28.2 Å². The Morgan fingerprint density at radius 2 is 0.838 bits per heavy atom. The minimum absolute atomic E-state index is 0.0982. The van der Waals surface area contributed by atoms with E-state index in [2.05, 4.69) is 91.5 Å². The number of benzene rings is 5. The van der Waals surface area contributed by atoms with Crippen molar-refractivity contribution in [2.75, 3.05) is 4.90 Å². The van der Waals surface area contributed by atoms with Crippen LogP contribution >= 0.6 is 0 Å². The Hall–Kier alpha value is -4.76. The van der Waals surface area contributed by atoms with Crippen LogP contribution in [0.5, 0.6) is 0 Å². The molecule has 5 aromatic carbocycles. The average molecular weight is 480 g/mol. The molecule has 0 amide bonds. The molecule has 0 N–H and O–H groups in total. The van der Waals surface area contributed by atoms with E-state index in [1.807, 2.05) is 12.1 Å². The summed E-state index contributed by atoms with van der Waals surface area (Å²) in [6.45, 7) is 4.18. The Morgan fingerprint density at radius 1 is 0.432 bits per heavy atom. The second-order valence-corrected chi connectivity index (χ2v) is 9.52. The van der Waals surface area contributed by atoms with Crippen molar-refractivity contribution >= 4 is 28.6 Å². The Morgan fingerprint density at radius 3 is 1.35 bits per heavy atom. The van der Waals surface area contributed by atoms with Gasteiger partial charge in [0.05, 0.1) is 0 Å². The van der Waals surface area contributed by atoms with Crippen LogP contribution in [0.25, 0.3) is 11.1 Å². The normalized spacial score (nSPS) is 12.2. The van der Waals surface area contributed by atoms with E-state index >= 15 is 0 Å². The standard InChI is InChI=1S/C34H25NO2/c1-22-7-14-26(15-8-22)35(27-16-9-23(2)10-17-27)28-18-11-24(12-19-28)25-13-20-31-32(21-25)34(37)30-6-4-3-5-29(30)33(31)36/h3-21H,1-2H3. The molecule has 0 bridgehead atoms. The van der Waals surface area contributed by atoms with E-state index in [0.29, 0.717) is 22.3 Å². The fourth-order valence-electron chi connectivity index (χ4n) is 4.92. The van der Waals surface area contributed by atoms with E-state index in [4.69, 9.17) is 0 Å². The van der Waals surface area contributed by atoms with Crippen LogP contribution in [0.3, 0.4) is 0 Å². The molecule has 37 heavy (non-hydrogen) atoms. The molecule has 0 aliphatic heterocycles. The highest BCUT2D eigenvalue weighted by atomic mass is 16.1. The van der Waals surface area contributed by atoms with Gasteiger partial charge in [0.1, 0.15) is 0 Å². The first-order valence-corrected chi connectivity index (χ1v) is 12.4. The monoisotopic (exact) mass is 479 g/mol. The van der Waals surface area contributed by atoms with Crippen molar-refractivity contribution in [3.05, 3.63) is 149 Å². The van der Waals surface area contributed by atoms with Crippen LogP contribution < -0.4 is 4.90 Å². The first kappa shape index (κ1) is 22.7. The molecular weight excluding hydrogens is 454 g/mol. The number of carbonyl (C=O) groups is 2. The number of nitrogens with zero attached hydrogens (tertiary/aromatic N) is 1. The largest absolute Gasteiger partial charge is 0.311 e. The molecule has 0 unspecified atom stereocenters. The van der Waals surface area contributed by atoms with E-state index in [1.165, 1.54) is 11.1 Å². The minimum Gasteiger partial charge on any atom is -0.311 e. The Labute approximate surface area is 216 Å². The number of rotatable bonds is 4. The highest BCUT2D eigenvalue weighted by Gasteiger charge is 2.29. The third kappa shape index (κ3) is 4.05. The maximum Gasteiger partial charge on any atom is 0.194 e. The number of carbonyl (C=O) groups excluding carboxylic acids is 2. The molecule has 1 aliphatic carbocycles. The van der Waals surface area contributed by atoms with Crippen LogP contribution in [0.4, 0.5) is 17.1 Å². The first-order valence-electron chi connectivity index (χ1n) is 12.4. The summed E-state index contributed by atoms with van der Waals surface area (Å²) in [5.74, 6) is -0.201. The summed E-state index contributed by atoms with van der Waals surface area (Å²) >= 11 is 0. The minimum atomic E-state index is -0.103. The van der Waals surface area contributed by atoms with Crippen LogP contribution in [0.2, 0.25) is 0 Å². The van der Waals surface area contributed by atoms with Gasteiger partial charge in [-0.1, -0.05) is 77.9 Å². The van der Waals surface area contributed by atoms with Crippen molar-refractivity contribution in [3.8, 4) is 11.1 Å². The van der Waals surface area contributed by atoms with Gasteiger partial charge in [-0.15, -0.1) is 0 Å². The maximum absolute atomic E-state index is 13.2. The number of fused-ring (bicyclic) bond motifs is 2. The molecule has 0 fully saturated rings. The van der Waals surface area contributed by atoms with Crippen molar-refractivity contribution in [2.45, 2.75) is 13.8 Å². The molecule has 1 aliphatic rings. The van der Waals surface area contributed by atoms with E-state index in [-0.39, 0.29) is 11.6 Å². The summed E-state index contributed by atoms with van der Waals surface area (Å²) in [5.41, 5.74) is 9.40. The lowest BCUT2D eigenvalue weighted by molar-refractivity contribution is 0.0979. The third-order valence-electron chi connectivity index (χ3n) is 6.97. The summed E-state index contributed by atoms with van der Waals surface area (Å²) in [4.78, 5) is 28.4. The van der Waals surface area contributed by atoms with Gasteiger partial charge in [-0.3, -0.25) is 9.59 Å². The zero-order valence-electron chi connectivity index (χ0n) is 20.7. The third-order valence-corrected chi connectivity index (χ3v) is 6.97. The molecular formula is C34H25NO2. The average Bonchev–Trinajstić information content (AvgIpc) is 2.94. The lowest BCUT2D eigenvalue weighted by atomic mass is 9.83.